The number of phenols is 1. The van der Waals surface area contributed by atoms with Gasteiger partial charge in [0.2, 0.25) is 0 Å². The van der Waals surface area contributed by atoms with Crippen LogP contribution in [0.5, 0.6) is 11.5 Å². The van der Waals surface area contributed by atoms with Crippen LogP contribution in [0.4, 0.5) is 4.39 Å². The van der Waals surface area contributed by atoms with Gasteiger partial charge in [-0.1, -0.05) is 18.2 Å². The second kappa shape index (κ2) is 5.52. The third kappa shape index (κ3) is 2.91. The number of carbonyl (C=O) groups excluding carboxylic acids is 1. The molecular formula is C15H13FO3. The van der Waals surface area contributed by atoms with E-state index in [4.69, 9.17) is 4.74 Å². The van der Waals surface area contributed by atoms with Gasteiger partial charge in [0.1, 0.15) is 17.3 Å². The summed E-state index contributed by atoms with van der Waals surface area (Å²) in [7, 11) is 1.39. The molecule has 0 amide bonds. The molecule has 0 radical (unpaired) electrons. The van der Waals surface area contributed by atoms with Crippen LogP contribution in [0.25, 0.3) is 0 Å². The van der Waals surface area contributed by atoms with Crippen molar-refractivity contribution in [1.29, 1.82) is 0 Å². The number of aromatic hydroxyl groups is 1. The average Bonchev–Trinajstić information content (AvgIpc) is 2.38. The van der Waals surface area contributed by atoms with E-state index in [9.17, 15) is 14.3 Å². The second-order valence-corrected chi connectivity index (χ2v) is 4.09. The van der Waals surface area contributed by atoms with Gasteiger partial charge in [-0.15, -0.1) is 0 Å². The molecule has 2 rings (SSSR count). The van der Waals surface area contributed by atoms with Gasteiger partial charge in [0.15, 0.2) is 5.78 Å². The maximum atomic E-state index is 13.7. The predicted octanol–water partition coefficient (Wildman–Crippen LogP) is 2.97. The molecule has 0 aliphatic rings. The first-order valence-corrected chi connectivity index (χ1v) is 5.75. The van der Waals surface area contributed by atoms with Crippen LogP contribution in [0.15, 0.2) is 42.5 Å². The maximum absolute atomic E-state index is 13.7. The molecule has 4 heteroatoms. The van der Waals surface area contributed by atoms with Crippen LogP contribution in [0.1, 0.15) is 15.9 Å². The molecule has 0 fully saturated rings. The highest BCUT2D eigenvalue weighted by Crippen LogP contribution is 2.23. The van der Waals surface area contributed by atoms with E-state index >= 15 is 0 Å². The molecule has 2 aromatic carbocycles. The first kappa shape index (κ1) is 13.1. The van der Waals surface area contributed by atoms with Gasteiger partial charge in [-0.3, -0.25) is 4.79 Å². The summed E-state index contributed by atoms with van der Waals surface area (Å²) in [6.45, 7) is 0. The van der Waals surface area contributed by atoms with Crippen molar-refractivity contribution in [3.05, 3.63) is 59.4 Å². The Balaban J connectivity index is 2.30. The predicted molar refractivity (Wildman–Crippen MR) is 69.1 cm³/mol. The molecule has 3 nitrogen and oxygen atoms in total. The minimum atomic E-state index is -0.607. The zero-order chi connectivity index (χ0) is 13.8. The molecule has 0 spiro atoms. The summed E-state index contributed by atoms with van der Waals surface area (Å²) in [5, 5.41) is 9.34. The largest absolute Gasteiger partial charge is 0.508 e. The molecule has 0 bridgehead atoms. The van der Waals surface area contributed by atoms with E-state index in [0.29, 0.717) is 5.56 Å². The Morgan fingerprint density at radius 3 is 2.68 bits per heavy atom. The minimum absolute atomic E-state index is 0.00565. The summed E-state index contributed by atoms with van der Waals surface area (Å²) in [4.78, 5) is 12.1. The van der Waals surface area contributed by atoms with Crippen molar-refractivity contribution in [3.63, 3.8) is 0 Å². The molecule has 0 atom stereocenters. The number of hydrogen-bond donors (Lipinski definition) is 1. The average molecular weight is 260 g/mol. The summed E-state index contributed by atoms with van der Waals surface area (Å²) in [6, 6.07) is 10.6. The number of ether oxygens (including phenoxy) is 1. The quantitative estimate of drug-likeness (QED) is 0.860. The van der Waals surface area contributed by atoms with Gasteiger partial charge in [0, 0.05) is 6.42 Å². The van der Waals surface area contributed by atoms with Crippen LogP contribution in [0.2, 0.25) is 0 Å². The number of rotatable bonds is 4. The topological polar surface area (TPSA) is 46.5 Å². The van der Waals surface area contributed by atoms with E-state index in [0.717, 1.165) is 0 Å². The lowest BCUT2D eigenvalue weighted by Gasteiger charge is -2.08. The number of phenolic OH excluding ortho intramolecular Hbond substituents is 1. The Bertz CT molecular complexity index is 608. The molecular weight excluding hydrogens is 247 g/mol. The summed E-state index contributed by atoms with van der Waals surface area (Å²) in [6.07, 6.45) is 0.00565. The number of hydrogen-bond acceptors (Lipinski definition) is 3. The fourth-order valence-electron chi connectivity index (χ4n) is 1.89. The van der Waals surface area contributed by atoms with Gasteiger partial charge in [0.25, 0.3) is 0 Å². The number of methoxy groups -OCH3 is 1. The van der Waals surface area contributed by atoms with E-state index in [1.54, 1.807) is 18.2 Å². The molecule has 98 valence electrons. The Morgan fingerprint density at radius 2 is 2.00 bits per heavy atom. The Hall–Kier alpha value is -2.36. The monoisotopic (exact) mass is 260 g/mol. The lowest BCUT2D eigenvalue weighted by Crippen LogP contribution is -2.08. The van der Waals surface area contributed by atoms with E-state index in [1.165, 1.54) is 31.4 Å². The fraction of sp³-hybridized carbons (Fsp3) is 0.133. The number of Topliss-reactive ketones (excluding diaryl/α,β-unsaturated/α-hetero) is 1. The normalized spacial score (nSPS) is 10.2. The van der Waals surface area contributed by atoms with Crippen LogP contribution in [-0.2, 0) is 6.42 Å². The minimum Gasteiger partial charge on any atom is -0.508 e. The molecule has 0 aromatic heterocycles. The standard InChI is InChI=1S/C15H13FO3/c1-19-14-7-3-6-12(16)15(14)13(18)9-10-4-2-5-11(17)8-10/h2-8,17H,9H2,1H3. The van der Waals surface area contributed by atoms with Crippen molar-refractivity contribution in [2.75, 3.05) is 7.11 Å². The summed E-state index contributed by atoms with van der Waals surface area (Å²) in [5.74, 6) is -0.707. The van der Waals surface area contributed by atoms with Gasteiger partial charge >= 0.3 is 0 Å². The van der Waals surface area contributed by atoms with Gasteiger partial charge < -0.3 is 9.84 Å². The molecule has 0 unspecified atom stereocenters. The van der Waals surface area contributed by atoms with Gasteiger partial charge in [-0.25, -0.2) is 4.39 Å². The van der Waals surface area contributed by atoms with Crippen molar-refractivity contribution < 1.29 is 19.0 Å². The Morgan fingerprint density at radius 1 is 1.26 bits per heavy atom. The van der Waals surface area contributed by atoms with Crippen LogP contribution in [0.3, 0.4) is 0 Å². The number of benzene rings is 2. The molecule has 0 aliphatic heterocycles. The third-order valence-corrected chi connectivity index (χ3v) is 2.75. The summed E-state index contributed by atoms with van der Waals surface area (Å²) in [5.41, 5.74) is 0.559. The smallest absolute Gasteiger partial charge is 0.173 e. The molecule has 19 heavy (non-hydrogen) atoms. The first-order chi connectivity index (χ1) is 9.11. The number of halogens is 1. The van der Waals surface area contributed by atoms with E-state index in [2.05, 4.69) is 0 Å². The molecule has 0 saturated carbocycles. The highest BCUT2D eigenvalue weighted by Gasteiger charge is 2.17. The van der Waals surface area contributed by atoms with Crippen LogP contribution in [-0.4, -0.2) is 18.0 Å². The highest BCUT2D eigenvalue weighted by molar-refractivity contribution is 6.00. The van der Waals surface area contributed by atoms with Crippen molar-refractivity contribution >= 4 is 5.78 Å². The van der Waals surface area contributed by atoms with Crippen molar-refractivity contribution in [3.8, 4) is 11.5 Å². The SMILES string of the molecule is COc1cccc(F)c1C(=O)Cc1cccc(O)c1. The summed E-state index contributed by atoms with van der Waals surface area (Å²) < 4.78 is 18.7. The molecule has 0 saturated heterocycles. The zero-order valence-corrected chi connectivity index (χ0v) is 10.4. The lowest BCUT2D eigenvalue weighted by molar-refractivity contribution is 0.0986. The lowest BCUT2D eigenvalue weighted by atomic mass is 10.0. The van der Waals surface area contributed by atoms with Crippen LogP contribution in [0, 0.1) is 5.82 Å². The van der Waals surface area contributed by atoms with E-state index in [-0.39, 0.29) is 29.3 Å². The van der Waals surface area contributed by atoms with Crippen LogP contribution < -0.4 is 4.74 Å². The van der Waals surface area contributed by atoms with Crippen molar-refractivity contribution in [1.82, 2.24) is 0 Å². The molecule has 1 N–H and O–H groups in total. The van der Waals surface area contributed by atoms with Gasteiger partial charge in [-0.2, -0.15) is 0 Å². The molecule has 0 aliphatic carbocycles. The Labute approximate surface area is 110 Å². The molecule has 2 aromatic rings. The zero-order valence-electron chi connectivity index (χ0n) is 10.4. The van der Waals surface area contributed by atoms with Crippen molar-refractivity contribution in [2.24, 2.45) is 0 Å². The second-order valence-electron chi connectivity index (χ2n) is 4.09. The van der Waals surface area contributed by atoms with E-state index in [1.807, 2.05) is 0 Å². The maximum Gasteiger partial charge on any atom is 0.173 e. The highest BCUT2D eigenvalue weighted by atomic mass is 19.1. The first-order valence-electron chi connectivity index (χ1n) is 5.75. The Kier molecular flexibility index (Phi) is 3.80. The van der Waals surface area contributed by atoms with Crippen molar-refractivity contribution in [2.45, 2.75) is 6.42 Å². The summed E-state index contributed by atoms with van der Waals surface area (Å²) >= 11 is 0. The van der Waals surface area contributed by atoms with Crippen LogP contribution >= 0.6 is 0 Å². The third-order valence-electron chi connectivity index (χ3n) is 2.75. The fourth-order valence-corrected chi connectivity index (χ4v) is 1.89. The van der Waals surface area contributed by atoms with E-state index < -0.39 is 5.82 Å². The molecule has 0 heterocycles. The van der Waals surface area contributed by atoms with Gasteiger partial charge in [-0.05, 0) is 29.8 Å². The number of ketones is 1. The number of carbonyl (C=O) groups is 1. The van der Waals surface area contributed by atoms with Gasteiger partial charge in [0.05, 0.1) is 12.7 Å².